The zero-order valence-electron chi connectivity index (χ0n) is 17.4. The summed E-state index contributed by atoms with van der Waals surface area (Å²) in [6.07, 6.45) is 8.07. The second kappa shape index (κ2) is 7.78. The maximum Gasteiger partial charge on any atom is 0.198 e. The van der Waals surface area contributed by atoms with Crippen LogP contribution in [0.4, 0.5) is 15.8 Å². The average molecular weight is 406 g/mol. The number of fused-ring (bicyclic) bond motifs is 2. The Labute approximate surface area is 176 Å². The smallest absolute Gasteiger partial charge is 0.198 e. The first-order valence-electron chi connectivity index (χ1n) is 11.0. The van der Waals surface area contributed by atoms with Gasteiger partial charge in [-0.05, 0) is 55.4 Å². The molecule has 0 amide bonds. The molecule has 1 aromatic heterocycles. The Morgan fingerprint density at radius 3 is 2.80 bits per heavy atom. The van der Waals surface area contributed by atoms with E-state index in [0.717, 1.165) is 35.5 Å². The highest BCUT2D eigenvalue weighted by atomic mass is 19.1. The molecular formula is C25H28FN3O. The van der Waals surface area contributed by atoms with E-state index in [1.165, 1.54) is 38.2 Å². The van der Waals surface area contributed by atoms with Gasteiger partial charge in [0.15, 0.2) is 5.88 Å². The highest BCUT2D eigenvalue weighted by Crippen LogP contribution is 2.38. The van der Waals surface area contributed by atoms with Crippen LogP contribution < -0.4 is 4.90 Å². The van der Waals surface area contributed by atoms with Crippen LogP contribution in [0.15, 0.2) is 41.4 Å². The molecule has 0 bridgehead atoms. The SMILES string of the molecule is Cc1cccc2[nH]c(O)c(C=Nc3ccc(N4CCC5CCCCC5C4)c(F)c3)c12. The number of H-pyrrole nitrogens is 1. The van der Waals surface area contributed by atoms with Crippen LogP contribution in [0.25, 0.3) is 10.9 Å². The maximum atomic E-state index is 14.9. The predicted octanol–water partition coefficient (Wildman–Crippen LogP) is 6.09. The lowest BCUT2D eigenvalue weighted by Gasteiger charge is -2.42. The Bertz CT molecular complexity index is 1100. The van der Waals surface area contributed by atoms with E-state index >= 15 is 0 Å². The Morgan fingerprint density at radius 2 is 1.97 bits per heavy atom. The fraction of sp³-hybridized carbons (Fsp3) is 0.400. The van der Waals surface area contributed by atoms with Crippen molar-refractivity contribution in [3.05, 3.63) is 53.3 Å². The number of aromatic amines is 1. The van der Waals surface area contributed by atoms with E-state index in [0.29, 0.717) is 22.9 Å². The van der Waals surface area contributed by atoms with Crippen molar-refractivity contribution in [2.24, 2.45) is 16.8 Å². The van der Waals surface area contributed by atoms with Gasteiger partial charge in [0.05, 0.1) is 16.9 Å². The number of halogens is 1. The van der Waals surface area contributed by atoms with Crippen molar-refractivity contribution in [3.8, 4) is 5.88 Å². The molecule has 156 valence electrons. The summed E-state index contributed by atoms with van der Waals surface area (Å²) in [5.41, 5.74) is 3.78. The van der Waals surface area contributed by atoms with E-state index in [4.69, 9.17) is 0 Å². The minimum atomic E-state index is -0.224. The quantitative estimate of drug-likeness (QED) is 0.518. The van der Waals surface area contributed by atoms with Crippen molar-refractivity contribution in [3.63, 3.8) is 0 Å². The van der Waals surface area contributed by atoms with Crippen LogP contribution in [-0.4, -0.2) is 29.4 Å². The summed E-state index contributed by atoms with van der Waals surface area (Å²) in [6.45, 7) is 3.90. The number of hydrogen-bond acceptors (Lipinski definition) is 3. The molecule has 2 N–H and O–H groups in total. The Morgan fingerprint density at radius 1 is 1.13 bits per heavy atom. The lowest BCUT2D eigenvalue weighted by atomic mass is 9.75. The number of aromatic nitrogens is 1. The first-order valence-corrected chi connectivity index (χ1v) is 11.0. The second-order valence-corrected chi connectivity index (χ2v) is 8.82. The van der Waals surface area contributed by atoms with Gasteiger partial charge in [0.1, 0.15) is 5.82 Å². The molecule has 2 unspecified atom stereocenters. The third kappa shape index (κ3) is 3.47. The summed E-state index contributed by atoms with van der Waals surface area (Å²) in [7, 11) is 0. The molecular weight excluding hydrogens is 377 g/mol. The molecule has 4 nitrogen and oxygen atoms in total. The van der Waals surface area contributed by atoms with Gasteiger partial charge in [0.25, 0.3) is 0 Å². The number of rotatable bonds is 3. The molecule has 0 radical (unpaired) electrons. The molecule has 0 spiro atoms. The van der Waals surface area contributed by atoms with Gasteiger partial charge in [-0.15, -0.1) is 0 Å². The van der Waals surface area contributed by atoms with Crippen LogP contribution in [-0.2, 0) is 0 Å². The van der Waals surface area contributed by atoms with Crippen molar-refractivity contribution < 1.29 is 9.50 Å². The molecule has 2 atom stereocenters. The zero-order chi connectivity index (χ0) is 20.7. The van der Waals surface area contributed by atoms with E-state index in [2.05, 4.69) is 14.9 Å². The molecule has 1 aliphatic carbocycles. The number of aryl methyl sites for hydroxylation is 1. The molecule has 5 heteroatoms. The second-order valence-electron chi connectivity index (χ2n) is 8.82. The Hall–Kier alpha value is -2.82. The third-order valence-corrected chi connectivity index (χ3v) is 6.96. The number of nitrogens with one attached hydrogen (secondary N) is 1. The lowest BCUT2D eigenvalue weighted by Crippen LogP contribution is -2.42. The number of aliphatic imine (C=N–C) groups is 1. The molecule has 1 saturated heterocycles. The van der Waals surface area contributed by atoms with Crippen LogP contribution in [0.1, 0.15) is 43.2 Å². The minimum Gasteiger partial charge on any atom is -0.494 e. The Balaban J connectivity index is 1.37. The van der Waals surface area contributed by atoms with E-state index in [1.807, 2.05) is 37.3 Å². The number of nitrogens with zero attached hydrogens (tertiary/aromatic N) is 2. The van der Waals surface area contributed by atoms with Crippen LogP contribution in [0.5, 0.6) is 5.88 Å². The molecule has 2 aromatic carbocycles. The number of hydrogen-bond donors (Lipinski definition) is 2. The van der Waals surface area contributed by atoms with Crippen molar-refractivity contribution in [1.29, 1.82) is 0 Å². The standard InChI is InChI=1S/C25H28FN3O/c1-16-5-4-8-22-24(16)20(25(30)28-22)14-27-19-9-10-23(21(26)13-19)29-12-11-17-6-2-3-7-18(17)15-29/h4-5,8-10,13-14,17-18,28,30H,2-3,6-7,11-12,15H2,1H3. The largest absolute Gasteiger partial charge is 0.494 e. The van der Waals surface area contributed by atoms with Gasteiger partial charge in [-0.3, -0.25) is 4.99 Å². The van der Waals surface area contributed by atoms with E-state index in [9.17, 15) is 9.50 Å². The highest BCUT2D eigenvalue weighted by Gasteiger charge is 2.31. The third-order valence-electron chi connectivity index (χ3n) is 6.96. The van der Waals surface area contributed by atoms with Gasteiger partial charge >= 0.3 is 0 Å². The fourth-order valence-corrected chi connectivity index (χ4v) is 5.36. The lowest BCUT2D eigenvalue weighted by molar-refractivity contribution is 0.202. The van der Waals surface area contributed by atoms with Crippen LogP contribution in [0, 0.1) is 24.6 Å². The number of anilines is 1. The molecule has 2 heterocycles. The van der Waals surface area contributed by atoms with Gasteiger partial charge in [-0.25, -0.2) is 4.39 Å². The molecule has 5 rings (SSSR count). The summed E-state index contributed by atoms with van der Waals surface area (Å²) in [6, 6.07) is 11.1. The van der Waals surface area contributed by atoms with Gasteiger partial charge < -0.3 is 15.0 Å². The van der Waals surface area contributed by atoms with E-state index < -0.39 is 0 Å². The van der Waals surface area contributed by atoms with Crippen molar-refractivity contribution >= 4 is 28.5 Å². The van der Waals surface area contributed by atoms with Crippen LogP contribution in [0.3, 0.4) is 0 Å². The highest BCUT2D eigenvalue weighted by molar-refractivity contribution is 6.04. The van der Waals surface area contributed by atoms with Gasteiger partial charge in [0, 0.05) is 36.3 Å². The Kier molecular flexibility index (Phi) is 4.97. The number of piperidine rings is 1. The first kappa shape index (κ1) is 19.2. The van der Waals surface area contributed by atoms with Gasteiger partial charge in [-0.2, -0.15) is 0 Å². The molecule has 1 saturated carbocycles. The van der Waals surface area contributed by atoms with Crippen LogP contribution in [0.2, 0.25) is 0 Å². The van der Waals surface area contributed by atoms with E-state index in [-0.39, 0.29) is 11.7 Å². The normalized spacial score (nSPS) is 22.0. The number of aromatic hydroxyl groups is 1. The maximum absolute atomic E-state index is 14.9. The summed E-state index contributed by atoms with van der Waals surface area (Å²) in [4.78, 5) is 9.64. The topological polar surface area (TPSA) is 51.6 Å². The van der Waals surface area contributed by atoms with Crippen LogP contribution >= 0.6 is 0 Å². The zero-order valence-corrected chi connectivity index (χ0v) is 17.4. The summed E-state index contributed by atoms with van der Waals surface area (Å²) >= 11 is 0. The molecule has 1 aliphatic heterocycles. The molecule has 2 fully saturated rings. The predicted molar refractivity (Wildman–Crippen MR) is 121 cm³/mol. The molecule has 3 aromatic rings. The monoisotopic (exact) mass is 405 g/mol. The molecule has 30 heavy (non-hydrogen) atoms. The summed E-state index contributed by atoms with van der Waals surface area (Å²) in [5, 5.41) is 11.2. The van der Waals surface area contributed by atoms with Crippen molar-refractivity contribution in [1.82, 2.24) is 4.98 Å². The average Bonchev–Trinajstić information content (AvgIpc) is 3.08. The fourth-order valence-electron chi connectivity index (χ4n) is 5.36. The summed E-state index contributed by atoms with van der Waals surface area (Å²) < 4.78 is 14.9. The molecule has 2 aliphatic rings. The van der Waals surface area contributed by atoms with Crippen molar-refractivity contribution in [2.45, 2.75) is 39.0 Å². The van der Waals surface area contributed by atoms with E-state index in [1.54, 1.807) is 6.21 Å². The number of benzene rings is 2. The first-order chi connectivity index (χ1) is 14.6. The minimum absolute atomic E-state index is 0.0792. The van der Waals surface area contributed by atoms with Crippen molar-refractivity contribution in [2.75, 3.05) is 18.0 Å². The van der Waals surface area contributed by atoms with Gasteiger partial charge in [0.2, 0.25) is 0 Å². The summed E-state index contributed by atoms with van der Waals surface area (Å²) in [5.74, 6) is 1.39. The van der Waals surface area contributed by atoms with Gasteiger partial charge in [-0.1, -0.05) is 31.4 Å².